The highest BCUT2D eigenvalue weighted by molar-refractivity contribution is 5.86. The Kier molecular flexibility index (Phi) is 5.73. The molecule has 3 aliphatic carbocycles. The number of hydrogen-bond donors (Lipinski definition) is 1. The summed E-state index contributed by atoms with van der Waals surface area (Å²) in [6.45, 7) is 6.29. The van der Waals surface area contributed by atoms with E-state index in [9.17, 15) is 19.5 Å². The minimum atomic E-state index is -0.920. The highest BCUT2D eigenvalue weighted by atomic mass is 16.5. The number of esters is 1. The third kappa shape index (κ3) is 3.54. The Balaban J connectivity index is 1.51. The quantitative estimate of drug-likeness (QED) is 0.604. The molecule has 0 spiro atoms. The first-order valence-electron chi connectivity index (χ1n) is 12.9. The second kappa shape index (κ2) is 8.35. The molecule has 0 bridgehead atoms. The summed E-state index contributed by atoms with van der Waals surface area (Å²) in [5.74, 6) is -0.635. The Morgan fingerprint density at radius 1 is 1.12 bits per heavy atom. The van der Waals surface area contributed by atoms with Crippen LogP contribution in [0.15, 0.2) is 42.0 Å². The van der Waals surface area contributed by atoms with Crippen LogP contribution in [-0.4, -0.2) is 28.9 Å². The van der Waals surface area contributed by atoms with E-state index in [2.05, 4.69) is 13.8 Å². The maximum atomic E-state index is 13.9. The Bertz CT molecular complexity index is 1030. The molecule has 5 heteroatoms. The van der Waals surface area contributed by atoms with Gasteiger partial charge in [-0.25, -0.2) is 4.79 Å². The SMILES string of the molecule is C[C@@H]1C2=CC(=O)O[C@@H]2C[C@H]2[C@@H]1C[C@@H](C(=O)CCc1ccccc1)[C@H]1[C@@]2(C)CCC[C@@]1(C)C(=O)O. The summed E-state index contributed by atoms with van der Waals surface area (Å²) in [5, 5.41) is 10.4. The van der Waals surface area contributed by atoms with Crippen molar-refractivity contribution >= 4 is 17.7 Å². The van der Waals surface area contributed by atoms with Gasteiger partial charge < -0.3 is 9.84 Å². The molecule has 0 saturated heterocycles. The van der Waals surface area contributed by atoms with Crippen LogP contribution in [0.1, 0.15) is 64.9 Å². The molecular formula is C29H36O5. The van der Waals surface area contributed by atoms with Gasteiger partial charge in [-0.1, -0.05) is 50.6 Å². The number of benzene rings is 1. The molecule has 4 aliphatic rings. The summed E-state index contributed by atoms with van der Waals surface area (Å²) in [6.07, 6.45) is 6.45. The van der Waals surface area contributed by atoms with Gasteiger partial charge in [0.25, 0.3) is 0 Å². The zero-order valence-corrected chi connectivity index (χ0v) is 20.5. The molecule has 34 heavy (non-hydrogen) atoms. The molecule has 1 N–H and O–H groups in total. The van der Waals surface area contributed by atoms with Gasteiger partial charge in [0, 0.05) is 18.4 Å². The van der Waals surface area contributed by atoms with Crippen LogP contribution in [0.2, 0.25) is 0 Å². The van der Waals surface area contributed by atoms with Crippen LogP contribution in [0.5, 0.6) is 0 Å². The van der Waals surface area contributed by atoms with Gasteiger partial charge in [-0.2, -0.15) is 0 Å². The summed E-state index contributed by atoms with van der Waals surface area (Å²) in [6, 6.07) is 10.0. The molecule has 182 valence electrons. The summed E-state index contributed by atoms with van der Waals surface area (Å²) in [5.41, 5.74) is 1.02. The standard InChI is InChI=1S/C29H36O5/c1-17-19-14-21(23(30)11-10-18-8-5-4-6-9-18)26-28(2,12-7-13-29(26,3)27(32)33)22(19)16-24-20(17)15-25(31)34-24/h4-6,8-9,15,17,19,21-22,24,26H,7,10-14,16H2,1-3H3,(H,32,33)/t17-,19+,21-,22-,24+,26-,28-,29+/m0/s1. The van der Waals surface area contributed by atoms with E-state index in [1.54, 1.807) is 6.08 Å². The highest BCUT2D eigenvalue weighted by Gasteiger charge is 2.65. The van der Waals surface area contributed by atoms with E-state index in [4.69, 9.17) is 4.74 Å². The zero-order valence-electron chi connectivity index (χ0n) is 20.5. The van der Waals surface area contributed by atoms with Crippen molar-refractivity contribution in [3.63, 3.8) is 0 Å². The predicted octanol–water partition coefficient (Wildman–Crippen LogP) is 5.23. The minimum absolute atomic E-state index is 0.162. The number of carbonyl (C=O) groups is 3. The predicted molar refractivity (Wildman–Crippen MR) is 128 cm³/mol. The number of carboxylic acid groups (broad SMARTS) is 1. The first kappa shape index (κ1) is 23.3. The number of ketones is 1. The van der Waals surface area contributed by atoms with Gasteiger partial charge in [0.1, 0.15) is 11.9 Å². The fraction of sp³-hybridized carbons (Fsp3) is 0.621. The van der Waals surface area contributed by atoms with Crippen molar-refractivity contribution in [2.45, 2.75) is 71.8 Å². The average molecular weight is 465 g/mol. The number of carbonyl (C=O) groups excluding carboxylic acids is 2. The van der Waals surface area contributed by atoms with Crippen molar-refractivity contribution in [2.24, 2.45) is 40.4 Å². The van der Waals surface area contributed by atoms with Gasteiger partial charge in [0.05, 0.1) is 5.41 Å². The number of carboxylic acids is 1. The van der Waals surface area contributed by atoms with E-state index in [-0.39, 0.29) is 52.9 Å². The van der Waals surface area contributed by atoms with Crippen LogP contribution in [0.25, 0.3) is 0 Å². The second-order valence-corrected chi connectivity index (χ2v) is 11.7. The Morgan fingerprint density at radius 3 is 2.56 bits per heavy atom. The van der Waals surface area contributed by atoms with Crippen molar-refractivity contribution in [3.05, 3.63) is 47.5 Å². The molecule has 8 atom stereocenters. The van der Waals surface area contributed by atoms with E-state index >= 15 is 0 Å². The third-order valence-corrected chi connectivity index (χ3v) is 10.1. The maximum absolute atomic E-state index is 13.9. The van der Waals surface area contributed by atoms with Gasteiger partial charge in [-0.05, 0) is 79.3 Å². The van der Waals surface area contributed by atoms with Gasteiger partial charge in [0.15, 0.2) is 0 Å². The fourth-order valence-electron chi connectivity index (χ4n) is 8.49. The first-order chi connectivity index (χ1) is 16.1. The lowest BCUT2D eigenvalue weighted by Gasteiger charge is -2.63. The Labute approximate surface area is 202 Å². The Hall–Kier alpha value is -2.43. The molecule has 5 nitrogen and oxygen atoms in total. The number of rotatable bonds is 5. The summed E-state index contributed by atoms with van der Waals surface area (Å²) < 4.78 is 5.66. The van der Waals surface area contributed by atoms with Crippen molar-refractivity contribution in [3.8, 4) is 0 Å². The lowest BCUT2D eigenvalue weighted by Crippen LogP contribution is -2.62. The van der Waals surface area contributed by atoms with E-state index in [1.807, 2.05) is 37.3 Å². The largest absolute Gasteiger partial charge is 0.481 e. The van der Waals surface area contributed by atoms with Gasteiger partial charge >= 0.3 is 11.9 Å². The summed E-state index contributed by atoms with van der Waals surface area (Å²) in [7, 11) is 0. The molecule has 1 heterocycles. The maximum Gasteiger partial charge on any atom is 0.331 e. The molecule has 3 fully saturated rings. The minimum Gasteiger partial charge on any atom is -0.481 e. The molecule has 0 radical (unpaired) electrons. The monoisotopic (exact) mass is 464 g/mol. The van der Waals surface area contributed by atoms with Crippen molar-refractivity contribution in [2.75, 3.05) is 0 Å². The van der Waals surface area contributed by atoms with Crippen LogP contribution in [0.3, 0.4) is 0 Å². The van der Waals surface area contributed by atoms with Crippen molar-refractivity contribution in [1.82, 2.24) is 0 Å². The molecule has 1 aromatic carbocycles. The third-order valence-electron chi connectivity index (χ3n) is 10.1. The number of ether oxygens (including phenoxy) is 1. The van der Waals surface area contributed by atoms with Crippen LogP contribution in [0, 0.1) is 40.4 Å². The number of aryl methyl sites for hydroxylation is 1. The van der Waals surface area contributed by atoms with Crippen LogP contribution >= 0.6 is 0 Å². The summed E-state index contributed by atoms with van der Waals surface area (Å²) >= 11 is 0. The summed E-state index contributed by atoms with van der Waals surface area (Å²) in [4.78, 5) is 38.6. The number of Topliss-reactive ketones (excluding diaryl/α,β-unsaturated/α-hetero) is 1. The number of fused-ring (bicyclic) bond motifs is 4. The lowest BCUT2D eigenvalue weighted by atomic mass is 9.40. The van der Waals surface area contributed by atoms with Gasteiger partial charge in [-0.3, -0.25) is 9.59 Å². The smallest absolute Gasteiger partial charge is 0.331 e. The van der Waals surface area contributed by atoms with Crippen molar-refractivity contribution < 1.29 is 24.2 Å². The van der Waals surface area contributed by atoms with Crippen LogP contribution < -0.4 is 0 Å². The van der Waals surface area contributed by atoms with Crippen LogP contribution in [0.4, 0.5) is 0 Å². The first-order valence-corrected chi connectivity index (χ1v) is 12.9. The highest BCUT2D eigenvalue weighted by Crippen LogP contribution is 2.67. The van der Waals surface area contributed by atoms with Gasteiger partial charge in [0.2, 0.25) is 0 Å². The fourth-order valence-corrected chi connectivity index (χ4v) is 8.49. The molecular weight excluding hydrogens is 428 g/mol. The van der Waals surface area contributed by atoms with E-state index in [0.29, 0.717) is 25.7 Å². The molecule has 0 amide bonds. The van der Waals surface area contributed by atoms with Crippen LogP contribution in [-0.2, 0) is 25.5 Å². The van der Waals surface area contributed by atoms with E-state index < -0.39 is 11.4 Å². The lowest BCUT2D eigenvalue weighted by molar-refractivity contribution is -0.189. The topological polar surface area (TPSA) is 80.7 Å². The molecule has 1 aliphatic heterocycles. The number of aliphatic carboxylic acids is 1. The molecule has 1 aromatic rings. The normalized spacial score (nSPS) is 40.9. The molecule has 5 rings (SSSR count). The van der Waals surface area contributed by atoms with E-state index in [0.717, 1.165) is 30.4 Å². The second-order valence-electron chi connectivity index (χ2n) is 11.7. The average Bonchev–Trinajstić information content (AvgIpc) is 3.19. The van der Waals surface area contributed by atoms with E-state index in [1.165, 1.54) is 0 Å². The number of hydrogen-bond acceptors (Lipinski definition) is 4. The van der Waals surface area contributed by atoms with Gasteiger partial charge in [-0.15, -0.1) is 0 Å². The Morgan fingerprint density at radius 2 is 1.85 bits per heavy atom. The molecule has 0 unspecified atom stereocenters. The molecule has 0 aromatic heterocycles. The van der Waals surface area contributed by atoms with Crippen molar-refractivity contribution in [1.29, 1.82) is 0 Å². The molecule has 3 saturated carbocycles. The zero-order chi connectivity index (χ0) is 24.3.